The fourth-order valence-corrected chi connectivity index (χ4v) is 8.74. The Hall–Kier alpha value is -5.90. The van der Waals surface area contributed by atoms with Crippen molar-refractivity contribution in [1.29, 1.82) is 0 Å². The summed E-state index contributed by atoms with van der Waals surface area (Å²) < 4.78 is 67.1. The predicted octanol–water partition coefficient (Wildman–Crippen LogP) is 10.8. The summed E-state index contributed by atoms with van der Waals surface area (Å²) in [7, 11) is 1.58. The smallest absolute Gasteiger partial charge is 0.186 e. The number of benzene rings is 7. The summed E-state index contributed by atoms with van der Waals surface area (Å²) in [5, 5.41) is 13.1. The van der Waals surface area contributed by atoms with Gasteiger partial charge in [0, 0.05) is 13.7 Å². The van der Waals surface area contributed by atoms with Gasteiger partial charge in [-0.25, -0.2) is 0 Å². The van der Waals surface area contributed by atoms with Crippen molar-refractivity contribution in [2.75, 3.05) is 20.3 Å². The van der Waals surface area contributed by atoms with E-state index in [0.717, 1.165) is 38.9 Å². The van der Waals surface area contributed by atoms with Crippen LogP contribution in [-0.2, 0) is 93.6 Å². The highest BCUT2D eigenvalue weighted by molar-refractivity contribution is 5.18. The van der Waals surface area contributed by atoms with Crippen LogP contribution in [0.1, 0.15) is 45.4 Å². The highest BCUT2D eigenvalue weighted by Crippen LogP contribution is 2.33. The lowest BCUT2D eigenvalue weighted by Crippen LogP contribution is -2.63. The van der Waals surface area contributed by atoms with Crippen LogP contribution in [0.2, 0.25) is 0 Å². The standard InChI is InChI=1S/C62H68O11/c1-64-62-60(71-45-53-35-21-8-22-36-53)58(69-43-51-31-17-6-18-32-51)57(55(72-62)46-66-40-48-25-11-3-12-26-48)73-61(63)59(70-44-52-33-19-7-20-34-52)56(68-42-50-29-15-5-16-30-50)54(67-41-49-27-13-4-14-28-49)37-38-65-39-47-23-9-2-10-24-47/h2-36,54-63H,37-46H2,1H3/t54-,55?,56?,57-,58?,59?,60?,61-,62+/m1/s1. The maximum atomic E-state index is 13.1. The van der Waals surface area contributed by atoms with Gasteiger partial charge in [-0.05, 0) is 45.4 Å². The van der Waals surface area contributed by atoms with Gasteiger partial charge < -0.3 is 52.5 Å². The summed E-state index contributed by atoms with van der Waals surface area (Å²) in [6, 6.07) is 69.5. The van der Waals surface area contributed by atoms with E-state index >= 15 is 0 Å². The summed E-state index contributed by atoms with van der Waals surface area (Å²) in [5.41, 5.74) is 6.73. The zero-order chi connectivity index (χ0) is 50.1. The third-order valence-corrected chi connectivity index (χ3v) is 12.6. The van der Waals surface area contributed by atoms with Gasteiger partial charge in [0.25, 0.3) is 0 Å². The van der Waals surface area contributed by atoms with Crippen LogP contribution in [-0.4, -0.2) is 80.7 Å². The zero-order valence-electron chi connectivity index (χ0n) is 41.5. The van der Waals surface area contributed by atoms with Crippen LogP contribution < -0.4 is 0 Å². The summed E-state index contributed by atoms with van der Waals surface area (Å²) in [5.74, 6) is 0. The molecule has 1 aliphatic heterocycles. The minimum Gasteiger partial charge on any atom is -0.377 e. The highest BCUT2D eigenvalue weighted by atomic mass is 16.7. The molecule has 0 bridgehead atoms. The van der Waals surface area contributed by atoms with Crippen molar-refractivity contribution in [1.82, 2.24) is 0 Å². The third-order valence-electron chi connectivity index (χ3n) is 12.6. The Morgan fingerprint density at radius 2 is 0.781 bits per heavy atom. The summed E-state index contributed by atoms with van der Waals surface area (Å²) >= 11 is 0. The van der Waals surface area contributed by atoms with Gasteiger partial charge in [-0.15, -0.1) is 0 Å². The molecule has 0 saturated carbocycles. The maximum Gasteiger partial charge on any atom is 0.186 e. The van der Waals surface area contributed by atoms with E-state index in [1.54, 1.807) is 7.11 Å². The number of aliphatic hydroxyl groups is 1. The SMILES string of the molecule is CO[C@H]1OC(COCc2ccccc2)[C@@H](O[C@@H](O)C(OCc2ccccc2)C(OCc2ccccc2)[C@@H](CCOCc2ccccc2)OCc2ccccc2)C(OCc2ccccc2)C1OCc1ccccc1. The van der Waals surface area contributed by atoms with Gasteiger partial charge in [-0.2, -0.15) is 0 Å². The molecule has 7 aromatic rings. The van der Waals surface area contributed by atoms with Crippen LogP contribution in [0.5, 0.6) is 0 Å². The van der Waals surface area contributed by atoms with Gasteiger partial charge in [0.05, 0.1) is 59.0 Å². The topological polar surface area (TPSA) is 113 Å². The van der Waals surface area contributed by atoms with Crippen LogP contribution in [0.3, 0.4) is 0 Å². The van der Waals surface area contributed by atoms with Crippen molar-refractivity contribution in [2.24, 2.45) is 0 Å². The van der Waals surface area contributed by atoms with Crippen molar-refractivity contribution in [3.05, 3.63) is 251 Å². The van der Waals surface area contributed by atoms with Gasteiger partial charge in [-0.3, -0.25) is 0 Å². The molecule has 0 amide bonds. The monoisotopic (exact) mass is 988 g/mol. The normalized spacial score (nSPS) is 19.5. The molecule has 0 spiro atoms. The van der Waals surface area contributed by atoms with Gasteiger partial charge in [0.1, 0.15) is 36.6 Å². The van der Waals surface area contributed by atoms with E-state index in [1.807, 2.05) is 212 Å². The average molecular weight is 989 g/mol. The number of rotatable bonds is 30. The Kier molecular flexibility index (Phi) is 21.7. The molecule has 5 unspecified atom stereocenters. The van der Waals surface area contributed by atoms with E-state index in [0.29, 0.717) is 26.2 Å². The van der Waals surface area contributed by atoms with Crippen LogP contribution in [0.15, 0.2) is 212 Å². The molecule has 0 aliphatic carbocycles. The van der Waals surface area contributed by atoms with Crippen molar-refractivity contribution in [2.45, 2.75) is 108 Å². The van der Waals surface area contributed by atoms with E-state index in [2.05, 4.69) is 0 Å². The summed E-state index contributed by atoms with van der Waals surface area (Å²) in [6.07, 6.45) is -8.41. The number of ether oxygens (including phenoxy) is 10. The first-order valence-electron chi connectivity index (χ1n) is 25.1. The summed E-state index contributed by atoms with van der Waals surface area (Å²) in [6.45, 7) is 2.13. The fourth-order valence-electron chi connectivity index (χ4n) is 8.74. The van der Waals surface area contributed by atoms with Crippen molar-refractivity contribution >= 4 is 0 Å². The maximum absolute atomic E-state index is 13.1. The van der Waals surface area contributed by atoms with Crippen molar-refractivity contribution in [3.63, 3.8) is 0 Å². The average Bonchev–Trinajstić information content (AvgIpc) is 3.45. The predicted molar refractivity (Wildman–Crippen MR) is 278 cm³/mol. The number of hydrogen-bond acceptors (Lipinski definition) is 11. The van der Waals surface area contributed by atoms with Crippen LogP contribution in [0.4, 0.5) is 0 Å². The second-order valence-corrected chi connectivity index (χ2v) is 18.0. The van der Waals surface area contributed by atoms with Crippen LogP contribution in [0.25, 0.3) is 0 Å². The van der Waals surface area contributed by atoms with Gasteiger partial charge in [0.15, 0.2) is 12.6 Å². The Labute approximate surface area is 430 Å². The minimum absolute atomic E-state index is 0.0633. The quantitative estimate of drug-likeness (QED) is 0.0343. The molecule has 1 saturated heterocycles. The Morgan fingerprint density at radius 3 is 1.22 bits per heavy atom. The van der Waals surface area contributed by atoms with Crippen molar-refractivity contribution < 1.29 is 52.5 Å². The first kappa shape index (κ1) is 53.4. The molecule has 7 aromatic carbocycles. The molecule has 73 heavy (non-hydrogen) atoms. The fraction of sp³-hybridized carbons (Fsp3) is 0.323. The molecule has 0 radical (unpaired) electrons. The lowest BCUT2D eigenvalue weighted by molar-refractivity contribution is -0.348. The molecule has 9 atom stereocenters. The van der Waals surface area contributed by atoms with Crippen molar-refractivity contribution in [3.8, 4) is 0 Å². The molecular weight excluding hydrogens is 921 g/mol. The second kappa shape index (κ2) is 29.7. The highest BCUT2D eigenvalue weighted by Gasteiger charge is 2.51. The van der Waals surface area contributed by atoms with E-state index in [4.69, 9.17) is 47.4 Å². The first-order valence-corrected chi connectivity index (χ1v) is 25.1. The Balaban J connectivity index is 1.16. The van der Waals surface area contributed by atoms with Gasteiger partial charge in [-0.1, -0.05) is 212 Å². The molecule has 1 aliphatic rings. The van der Waals surface area contributed by atoms with Gasteiger partial charge >= 0.3 is 0 Å². The molecule has 11 heteroatoms. The number of hydrogen-bond donors (Lipinski definition) is 1. The van der Waals surface area contributed by atoms with Crippen LogP contribution >= 0.6 is 0 Å². The first-order chi connectivity index (χ1) is 36.1. The third kappa shape index (κ3) is 17.1. The van der Waals surface area contributed by atoms with E-state index < -0.39 is 55.3 Å². The molecular formula is C62H68O11. The van der Waals surface area contributed by atoms with E-state index in [1.165, 1.54) is 0 Å². The Morgan fingerprint density at radius 1 is 0.411 bits per heavy atom. The number of aliphatic hydroxyl groups excluding tert-OH is 1. The molecule has 382 valence electrons. The summed E-state index contributed by atoms with van der Waals surface area (Å²) in [4.78, 5) is 0. The lowest BCUT2D eigenvalue weighted by atomic mass is 9.97. The van der Waals surface area contributed by atoms with E-state index in [9.17, 15) is 5.11 Å². The molecule has 1 N–H and O–H groups in total. The van der Waals surface area contributed by atoms with Gasteiger partial charge in [0.2, 0.25) is 0 Å². The minimum atomic E-state index is -1.65. The second-order valence-electron chi connectivity index (χ2n) is 18.0. The zero-order valence-corrected chi connectivity index (χ0v) is 41.5. The molecule has 11 nitrogen and oxygen atoms in total. The lowest BCUT2D eigenvalue weighted by Gasteiger charge is -2.47. The van der Waals surface area contributed by atoms with E-state index in [-0.39, 0.29) is 39.6 Å². The molecule has 8 rings (SSSR count). The Bertz CT molecular complexity index is 2510. The molecule has 1 heterocycles. The molecule has 1 fully saturated rings. The number of methoxy groups -OCH3 is 1. The van der Waals surface area contributed by atoms with Crippen LogP contribution in [0, 0.1) is 0 Å². The largest absolute Gasteiger partial charge is 0.377 e. The molecule has 0 aromatic heterocycles.